The zero-order valence-electron chi connectivity index (χ0n) is 16.8. The standard InChI is InChI=1S/C23H28BO4/c1-5-18-6-8-19(9-7-18)15-27-23(26)20-10-12-21(13-11-20)24-28-22(14-25)17(4)16(2)3/h5-13,16-17,22,25H,1,14-15H2,2-4H3. The van der Waals surface area contributed by atoms with Crippen molar-refractivity contribution in [3.63, 3.8) is 0 Å². The van der Waals surface area contributed by atoms with Gasteiger partial charge in [0.2, 0.25) is 0 Å². The normalized spacial score (nSPS) is 13.0. The summed E-state index contributed by atoms with van der Waals surface area (Å²) in [6.07, 6.45) is 1.52. The second-order valence-corrected chi connectivity index (χ2v) is 7.22. The van der Waals surface area contributed by atoms with Crippen LogP contribution in [0.15, 0.2) is 55.1 Å². The average Bonchev–Trinajstić information content (AvgIpc) is 2.73. The summed E-state index contributed by atoms with van der Waals surface area (Å²) in [5.74, 6) is 0.272. The van der Waals surface area contributed by atoms with Crippen LogP contribution in [0.3, 0.4) is 0 Å². The summed E-state index contributed by atoms with van der Waals surface area (Å²) >= 11 is 0. The van der Waals surface area contributed by atoms with Gasteiger partial charge < -0.3 is 14.5 Å². The fourth-order valence-electron chi connectivity index (χ4n) is 2.61. The molecule has 2 aromatic rings. The Kier molecular flexibility index (Phi) is 8.49. The highest BCUT2D eigenvalue weighted by Gasteiger charge is 2.20. The molecule has 5 heteroatoms. The second-order valence-electron chi connectivity index (χ2n) is 7.22. The van der Waals surface area contributed by atoms with Crippen molar-refractivity contribution in [2.45, 2.75) is 33.5 Å². The van der Waals surface area contributed by atoms with E-state index in [9.17, 15) is 9.90 Å². The van der Waals surface area contributed by atoms with Crippen molar-refractivity contribution in [2.24, 2.45) is 11.8 Å². The Morgan fingerprint density at radius 3 is 2.29 bits per heavy atom. The highest BCUT2D eigenvalue weighted by atomic mass is 16.5. The minimum atomic E-state index is -0.373. The van der Waals surface area contributed by atoms with Crippen LogP contribution < -0.4 is 5.46 Å². The first-order valence-corrected chi connectivity index (χ1v) is 9.52. The van der Waals surface area contributed by atoms with Gasteiger partial charge >= 0.3 is 13.5 Å². The molecule has 28 heavy (non-hydrogen) atoms. The summed E-state index contributed by atoms with van der Waals surface area (Å²) in [5, 5.41) is 9.51. The molecule has 147 valence electrons. The number of esters is 1. The van der Waals surface area contributed by atoms with E-state index in [1.165, 1.54) is 0 Å². The maximum atomic E-state index is 12.2. The van der Waals surface area contributed by atoms with Crippen LogP contribution in [0.4, 0.5) is 0 Å². The quantitative estimate of drug-likeness (QED) is 0.506. The highest BCUT2D eigenvalue weighted by molar-refractivity contribution is 6.47. The van der Waals surface area contributed by atoms with Gasteiger partial charge in [-0.15, -0.1) is 0 Å². The van der Waals surface area contributed by atoms with Gasteiger partial charge in [0.1, 0.15) is 6.61 Å². The molecule has 2 aromatic carbocycles. The van der Waals surface area contributed by atoms with E-state index in [1.807, 2.05) is 24.3 Å². The van der Waals surface area contributed by atoms with Gasteiger partial charge in [0.25, 0.3) is 0 Å². The van der Waals surface area contributed by atoms with Crippen molar-refractivity contribution in [3.8, 4) is 0 Å². The number of aliphatic hydroxyl groups is 1. The number of aliphatic hydroxyl groups excluding tert-OH is 1. The molecular formula is C23H28BO4. The van der Waals surface area contributed by atoms with Crippen LogP contribution in [-0.4, -0.2) is 31.3 Å². The zero-order chi connectivity index (χ0) is 20.5. The predicted molar refractivity (Wildman–Crippen MR) is 113 cm³/mol. The number of carbonyl (C=O) groups is 1. The largest absolute Gasteiger partial charge is 0.457 e. The first-order valence-electron chi connectivity index (χ1n) is 9.52. The van der Waals surface area contributed by atoms with E-state index in [1.54, 1.807) is 37.8 Å². The van der Waals surface area contributed by atoms with Crippen LogP contribution in [0.25, 0.3) is 6.08 Å². The van der Waals surface area contributed by atoms with E-state index < -0.39 is 0 Å². The SMILES string of the molecule is C=Cc1ccc(COC(=O)c2ccc([B]OC(CO)C(C)C(C)C)cc2)cc1. The molecule has 0 saturated heterocycles. The molecule has 2 rings (SSSR count). The lowest BCUT2D eigenvalue weighted by Gasteiger charge is -2.25. The molecule has 0 fully saturated rings. The summed E-state index contributed by atoms with van der Waals surface area (Å²) < 4.78 is 11.1. The second kappa shape index (κ2) is 10.8. The molecule has 4 nitrogen and oxygen atoms in total. The van der Waals surface area contributed by atoms with E-state index in [4.69, 9.17) is 9.39 Å². The van der Waals surface area contributed by atoms with Crippen molar-refractivity contribution in [2.75, 3.05) is 6.61 Å². The highest BCUT2D eigenvalue weighted by Crippen LogP contribution is 2.16. The third-order valence-electron chi connectivity index (χ3n) is 4.93. The summed E-state index contributed by atoms with van der Waals surface area (Å²) in [6.45, 7) is 10.2. The van der Waals surface area contributed by atoms with Gasteiger partial charge in [-0.3, -0.25) is 0 Å². The summed E-state index contributed by atoms with van der Waals surface area (Å²) in [4.78, 5) is 12.2. The lowest BCUT2D eigenvalue weighted by molar-refractivity contribution is 0.0472. The summed E-state index contributed by atoms with van der Waals surface area (Å²) in [7, 11) is 1.62. The van der Waals surface area contributed by atoms with Gasteiger partial charge in [0.05, 0.1) is 18.3 Å². The zero-order valence-corrected chi connectivity index (χ0v) is 16.8. The number of carbonyl (C=O) groups excluding carboxylic acids is 1. The molecule has 0 aliphatic rings. The number of rotatable bonds is 10. The number of ether oxygens (including phenoxy) is 1. The first kappa shape index (κ1) is 21.9. The average molecular weight is 379 g/mol. The van der Waals surface area contributed by atoms with Gasteiger partial charge in [-0.05, 0) is 35.1 Å². The molecule has 0 heterocycles. The topological polar surface area (TPSA) is 55.8 Å². The molecule has 0 aliphatic heterocycles. The monoisotopic (exact) mass is 379 g/mol. The smallest absolute Gasteiger partial charge is 0.338 e. The molecule has 2 atom stereocenters. The Balaban J connectivity index is 1.86. The van der Waals surface area contributed by atoms with Crippen molar-refractivity contribution in [1.29, 1.82) is 0 Å². The van der Waals surface area contributed by atoms with E-state index in [2.05, 4.69) is 27.4 Å². The Labute approximate surface area is 168 Å². The molecule has 1 N–H and O–H groups in total. The van der Waals surface area contributed by atoms with E-state index in [-0.39, 0.29) is 31.2 Å². The minimum Gasteiger partial charge on any atom is -0.457 e. The van der Waals surface area contributed by atoms with Gasteiger partial charge in [-0.1, -0.05) is 75.3 Å². The van der Waals surface area contributed by atoms with Crippen LogP contribution in [0.2, 0.25) is 0 Å². The Hall–Kier alpha value is -2.37. The molecule has 0 bridgehead atoms. The van der Waals surface area contributed by atoms with Crippen molar-refractivity contribution in [3.05, 3.63) is 71.8 Å². The molecule has 0 saturated carbocycles. The third-order valence-corrected chi connectivity index (χ3v) is 4.93. The molecule has 0 spiro atoms. The Morgan fingerprint density at radius 2 is 1.75 bits per heavy atom. The van der Waals surface area contributed by atoms with Gasteiger partial charge in [0.15, 0.2) is 0 Å². The third kappa shape index (κ3) is 6.36. The number of hydrogen-bond acceptors (Lipinski definition) is 4. The molecule has 0 aromatic heterocycles. The lowest BCUT2D eigenvalue weighted by atomic mass is 9.85. The number of benzene rings is 2. The van der Waals surface area contributed by atoms with Crippen molar-refractivity contribution >= 4 is 25.0 Å². The number of hydrogen-bond donors (Lipinski definition) is 1. The first-order chi connectivity index (χ1) is 13.4. The van der Waals surface area contributed by atoms with E-state index >= 15 is 0 Å². The lowest BCUT2D eigenvalue weighted by Crippen LogP contribution is -2.33. The van der Waals surface area contributed by atoms with Crippen LogP contribution in [0.5, 0.6) is 0 Å². The van der Waals surface area contributed by atoms with Gasteiger partial charge in [-0.25, -0.2) is 4.79 Å². The van der Waals surface area contributed by atoms with Gasteiger partial charge in [0, 0.05) is 0 Å². The fraction of sp³-hybridized carbons (Fsp3) is 0.348. The van der Waals surface area contributed by atoms with Crippen molar-refractivity contribution < 1.29 is 19.3 Å². The molecule has 1 radical (unpaired) electrons. The maximum absolute atomic E-state index is 12.2. The Bertz CT molecular complexity index is 753. The van der Waals surface area contributed by atoms with Crippen LogP contribution in [0, 0.1) is 11.8 Å². The van der Waals surface area contributed by atoms with Crippen molar-refractivity contribution in [1.82, 2.24) is 0 Å². The molecular weight excluding hydrogens is 351 g/mol. The molecule has 0 amide bonds. The summed E-state index contributed by atoms with van der Waals surface area (Å²) in [6, 6.07) is 14.7. The van der Waals surface area contributed by atoms with Gasteiger partial charge in [-0.2, -0.15) is 0 Å². The van der Waals surface area contributed by atoms with Crippen LogP contribution >= 0.6 is 0 Å². The van der Waals surface area contributed by atoms with Crippen LogP contribution in [-0.2, 0) is 16.0 Å². The summed E-state index contributed by atoms with van der Waals surface area (Å²) in [5.41, 5.74) is 3.25. The van der Waals surface area contributed by atoms with E-state index in [0.29, 0.717) is 11.5 Å². The minimum absolute atomic E-state index is 0.0337. The van der Waals surface area contributed by atoms with Crippen LogP contribution in [0.1, 0.15) is 42.3 Å². The predicted octanol–water partition coefficient (Wildman–Crippen LogP) is 3.60. The molecule has 2 unspecified atom stereocenters. The molecule has 0 aliphatic carbocycles. The Morgan fingerprint density at radius 1 is 1.11 bits per heavy atom. The maximum Gasteiger partial charge on any atom is 0.338 e. The van der Waals surface area contributed by atoms with E-state index in [0.717, 1.165) is 16.6 Å². The fourth-order valence-corrected chi connectivity index (χ4v) is 2.61.